The summed E-state index contributed by atoms with van der Waals surface area (Å²) < 4.78 is 20.9. The Balaban J connectivity index is 1.35. The molecule has 308 valence electrons. The van der Waals surface area contributed by atoms with Gasteiger partial charge in [0.1, 0.15) is 17.9 Å². The second kappa shape index (κ2) is 16.9. The quantitative estimate of drug-likeness (QED) is 0.222. The molecule has 5 heterocycles. The summed E-state index contributed by atoms with van der Waals surface area (Å²) in [5.41, 5.74) is 8.16. The Hall–Kier alpha value is -3.62. The Labute approximate surface area is 341 Å². The summed E-state index contributed by atoms with van der Waals surface area (Å²) in [5, 5.41) is 6.61. The average Bonchev–Trinajstić information content (AvgIpc) is 3.45. The molecular formula is C44H60N6O6S. The van der Waals surface area contributed by atoms with Gasteiger partial charge in [-0.1, -0.05) is 33.8 Å². The molecule has 0 spiro atoms. The molecule has 2 aromatic heterocycles. The lowest BCUT2D eigenvalue weighted by molar-refractivity contribution is -0.147. The van der Waals surface area contributed by atoms with Crippen molar-refractivity contribution in [1.29, 1.82) is 0 Å². The van der Waals surface area contributed by atoms with Crippen LogP contribution in [0.15, 0.2) is 41.5 Å². The predicted octanol–water partition coefficient (Wildman–Crippen LogP) is 6.46. The highest BCUT2D eigenvalue weighted by atomic mass is 32.2. The van der Waals surface area contributed by atoms with Crippen LogP contribution in [0.5, 0.6) is 0 Å². The summed E-state index contributed by atoms with van der Waals surface area (Å²) in [6.07, 6.45) is 4.66. The van der Waals surface area contributed by atoms with Crippen molar-refractivity contribution in [1.82, 2.24) is 25.3 Å². The number of nitrogens with one attached hydrogen (secondary N) is 2. The van der Waals surface area contributed by atoms with E-state index in [1.807, 2.05) is 19.2 Å². The Kier molecular flexibility index (Phi) is 12.3. The molecule has 13 heteroatoms. The van der Waals surface area contributed by atoms with Crippen molar-refractivity contribution in [3.63, 3.8) is 0 Å². The number of carbonyl (C=O) groups is 3. The number of aromatic nitrogens is 2. The number of hydrogen-bond acceptors (Lipinski definition) is 10. The lowest BCUT2D eigenvalue weighted by Gasteiger charge is -2.41. The fraction of sp³-hybridized carbons (Fsp3) is 0.614. The lowest BCUT2D eigenvalue weighted by Crippen LogP contribution is -2.66. The molecule has 0 radical (unpaired) electrons. The number of thioether (sulfide) groups is 1. The van der Waals surface area contributed by atoms with Crippen molar-refractivity contribution in [2.24, 2.45) is 28.2 Å². The van der Waals surface area contributed by atoms with Crippen molar-refractivity contribution in [2.45, 2.75) is 111 Å². The van der Waals surface area contributed by atoms with Crippen LogP contribution in [0.25, 0.3) is 22.2 Å². The van der Waals surface area contributed by atoms with E-state index in [9.17, 15) is 14.4 Å². The Morgan fingerprint density at radius 3 is 2.68 bits per heavy atom. The maximum atomic E-state index is 14.3. The van der Waals surface area contributed by atoms with Gasteiger partial charge in [-0.25, -0.2) is 5.43 Å². The zero-order valence-corrected chi connectivity index (χ0v) is 35.6. The summed E-state index contributed by atoms with van der Waals surface area (Å²) in [5.74, 6) is 0.782. The average molecular weight is 801 g/mol. The number of aldehydes is 1. The molecule has 57 heavy (non-hydrogen) atoms. The van der Waals surface area contributed by atoms with Crippen LogP contribution >= 0.6 is 11.8 Å². The van der Waals surface area contributed by atoms with Gasteiger partial charge in [-0.2, -0.15) is 0 Å². The van der Waals surface area contributed by atoms with E-state index in [2.05, 4.69) is 81.1 Å². The number of benzene rings is 1. The third kappa shape index (κ3) is 8.73. The van der Waals surface area contributed by atoms with Crippen molar-refractivity contribution in [3.8, 4) is 11.3 Å². The van der Waals surface area contributed by atoms with Gasteiger partial charge in [-0.05, 0) is 92.7 Å². The van der Waals surface area contributed by atoms with Crippen molar-refractivity contribution in [2.75, 3.05) is 39.2 Å². The van der Waals surface area contributed by atoms with E-state index in [1.165, 1.54) is 10.6 Å². The van der Waals surface area contributed by atoms with Gasteiger partial charge in [0.2, 0.25) is 5.91 Å². The number of fused-ring (bicyclic) bond motifs is 5. The first kappa shape index (κ1) is 41.5. The van der Waals surface area contributed by atoms with Gasteiger partial charge in [0.05, 0.1) is 54.5 Å². The molecule has 1 aromatic carbocycles. The molecule has 4 aliphatic rings. The molecule has 6 bridgehead atoms. The number of hydrazine groups is 1. The number of methoxy groups -OCH3 is 1. The molecular weight excluding hydrogens is 741 g/mol. The minimum Gasteiger partial charge on any atom is -0.378 e. The highest BCUT2D eigenvalue weighted by Gasteiger charge is 2.49. The van der Waals surface area contributed by atoms with Gasteiger partial charge in [-0.3, -0.25) is 24.6 Å². The summed E-state index contributed by atoms with van der Waals surface area (Å²) in [7, 11) is 1.71. The third-order valence-corrected chi connectivity index (χ3v) is 13.4. The Bertz CT molecular complexity index is 2010. The third-order valence-electron chi connectivity index (χ3n) is 12.4. The first-order chi connectivity index (χ1) is 27.2. The molecule has 12 nitrogen and oxygen atoms in total. The minimum atomic E-state index is -1.08. The van der Waals surface area contributed by atoms with E-state index < -0.39 is 11.6 Å². The summed E-state index contributed by atoms with van der Waals surface area (Å²) in [6, 6.07) is 9.86. The largest absolute Gasteiger partial charge is 0.378 e. The molecule has 7 rings (SSSR count). The molecule has 2 amide bonds. The monoisotopic (exact) mass is 800 g/mol. The van der Waals surface area contributed by atoms with E-state index in [4.69, 9.17) is 24.2 Å². The molecule has 7 atom stereocenters. The van der Waals surface area contributed by atoms with Crippen LogP contribution < -0.4 is 10.7 Å². The number of carbonyl (C=O) groups excluding carboxylic acids is 3. The van der Waals surface area contributed by atoms with Gasteiger partial charge in [0.15, 0.2) is 0 Å². The number of pyridine rings is 1. The summed E-state index contributed by atoms with van der Waals surface area (Å²) >= 11 is 1.64. The van der Waals surface area contributed by atoms with Gasteiger partial charge in [-0.15, -0.1) is 11.8 Å². The second-order valence-corrected chi connectivity index (χ2v) is 18.8. The zero-order chi connectivity index (χ0) is 40.6. The minimum absolute atomic E-state index is 0.0901. The van der Waals surface area contributed by atoms with Crippen molar-refractivity contribution >= 4 is 45.8 Å². The fourth-order valence-corrected chi connectivity index (χ4v) is 9.94. The normalized spacial score (nSPS) is 28.2. The van der Waals surface area contributed by atoms with E-state index in [0.29, 0.717) is 45.6 Å². The topological polar surface area (TPSA) is 136 Å². The van der Waals surface area contributed by atoms with Gasteiger partial charge >= 0.3 is 0 Å². The number of ether oxygens (including phenoxy) is 3. The molecule has 1 saturated heterocycles. The van der Waals surface area contributed by atoms with Crippen LogP contribution in [0.1, 0.15) is 96.7 Å². The SMILES string of the molecule is CO[C@@H](C)c1ncccc1-c1c2c3cc(ccc3n1CCOC(C)C)C1CSC(=N1)C[C@H](NC(=O)[C@H]1[C@H](C)[C@@H]1C)C(=O)N1CCC[C@](C=O)(COCC(C)(C)C2)N1. The first-order valence-electron chi connectivity index (χ1n) is 20.6. The Morgan fingerprint density at radius 2 is 1.96 bits per heavy atom. The molecule has 3 aliphatic heterocycles. The number of amides is 2. The number of hydrogen-bond donors (Lipinski definition) is 2. The summed E-state index contributed by atoms with van der Waals surface area (Å²) in [4.78, 5) is 50.8. The van der Waals surface area contributed by atoms with E-state index in [1.54, 1.807) is 18.9 Å². The number of nitrogens with zero attached hydrogens (tertiary/aromatic N) is 4. The van der Waals surface area contributed by atoms with E-state index in [0.717, 1.165) is 50.5 Å². The predicted molar refractivity (Wildman–Crippen MR) is 224 cm³/mol. The molecule has 1 unspecified atom stereocenters. The Morgan fingerprint density at radius 1 is 1.18 bits per heavy atom. The van der Waals surface area contributed by atoms with Crippen LogP contribution in [0.2, 0.25) is 0 Å². The highest BCUT2D eigenvalue weighted by Crippen LogP contribution is 2.46. The number of aliphatic imine (C=N–C) groups is 1. The molecule has 2 N–H and O–H groups in total. The maximum Gasteiger partial charge on any atom is 0.259 e. The van der Waals surface area contributed by atoms with Crippen molar-refractivity contribution in [3.05, 3.63) is 53.3 Å². The van der Waals surface area contributed by atoms with Crippen molar-refractivity contribution < 1.29 is 28.6 Å². The molecule has 1 aliphatic carbocycles. The van der Waals surface area contributed by atoms with E-state index >= 15 is 0 Å². The second-order valence-electron chi connectivity index (χ2n) is 17.7. The number of rotatable bonds is 10. The van der Waals surface area contributed by atoms with Crippen LogP contribution in [0.3, 0.4) is 0 Å². The summed E-state index contributed by atoms with van der Waals surface area (Å²) in [6.45, 7) is 16.8. The van der Waals surface area contributed by atoms with Crippen LogP contribution in [0, 0.1) is 23.2 Å². The van der Waals surface area contributed by atoms with Crippen LogP contribution in [-0.2, 0) is 41.6 Å². The smallest absolute Gasteiger partial charge is 0.259 e. The lowest BCUT2D eigenvalue weighted by atomic mass is 9.84. The standard InChI is InChI=1S/C44H60N6O6S/c1-26(2)56-18-17-49-36-13-12-30-19-32(36)33(40(49)31-11-9-15-45-39(31)29(5)54-8)21-43(6,7)24-55-25-44(23-51)14-10-16-50(48-44)42(53)34(20-37-46-35(30)22-57-37)47-41(52)38-27(3)28(38)4/h9,11-13,15,19,23,26-29,34-35,38,48H,10,14,16-18,20-22,24-25H2,1-8H3,(H,47,52)/t27-,28+,29-,34-,35?,38+,44-/m0/s1. The van der Waals surface area contributed by atoms with Gasteiger partial charge in [0, 0.05) is 61.0 Å². The van der Waals surface area contributed by atoms with Gasteiger partial charge in [0.25, 0.3) is 5.91 Å². The first-order valence-corrected chi connectivity index (χ1v) is 21.6. The zero-order valence-electron chi connectivity index (χ0n) is 34.8. The van der Waals surface area contributed by atoms with E-state index in [-0.39, 0.29) is 66.3 Å². The highest BCUT2D eigenvalue weighted by molar-refractivity contribution is 8.14. The van der Waals surface area contributed by atoms with Crippen LogP contribution in [0.4, 0.5) is 0 Å². The van der Waals surface area contributed by atoms with Crippen LogP contribution in [-0.4, -0.2) is 94.6 Å². The molecule has 3 aromatic rings. The molecule has 2 fully saturated rings. The molecule has 1 saturated carbocycles. The maximum absolute atomic E-state index is 14.3. The fourth-order valence-electron chi connectivity index (χ4n) is 8.84. The van der Waals surface area contributed by atoms with Gasteiger partial charge < -0.3 is 28.9 Å².